The Hall–Kier alpha value is -1.35. The third-order valence-electron chi connectivity index (χ3n) is 9.69. The van der Waals surface area contributed by atoms with Crippen LogP contribution in [0.4, 0.5) is 0 Å². The number of hydrogen-bond donors (Lipinski definition) is 4. The van der Waals surface area contributed by atoms with Gasteiger partial charge in [-0.15, -0.1) is 0 Å². The van der Waals surface area contributed by atoms with Crippen LogP contribution in [0, 0.1) is 0 Å². The molecule has 0 radical (unpaired) electrons. The van der Waals surface area contributed by atoms with E-state index in [-0.39, 0.29) is 19.4 Å². The van der Waals surface area contributed by atoms with Gasteiger partial charge in [0, 0.05) is 12.8 Å². The molecule has 0 saturated carbocycles. The first-order chi connectivity index (χ1) is 25.0. The Labute approximate surface area is 314 Å². The SMILES string of the molecule is CCCCCCCCCCCCCCCCC(=O)OC(COC(=O)CCCCCCCCCCCC)COC1OC(CS(=O)(=O)O)C(O)C(O)C1O. The van der Waals surface area contributed by atoms with Crippen LogP contribution in [-0.4, -0.2) is 96.0 Å². The molecule has 12 nitrogen and oxygen atoms in total. The lowest BCUT2D eigenvalue weighted by Crippen LogP contribution is -2.60. The molecule has 0 spiro atoms. The van der Waals surface area contributed by atoms with Crippen molar-refractivity contribution in [2.24, 2.45) is 0 Å². The Morgan fingerprint density at radius 2 is 0.981 bits per heavy atom. The number of carbonyl (C=O) groups is 2. The van der Waals surface area contributed by atoms with Crippen molar-refractivity contribution < 1.29 is 56.8 Å². The van der Waals surface area contributed by atoms with Crippen LogP contribution >= 0.6 is 0 Å². The van der Waals surface area contributed by atoms with E-state index in [0.29, 0.717) is 12.8 Å². The Morgan fingerprint density at radius 3 is 1.40 bits per heavy atom. The zero-order valence-corrected chi connectivity index (χ0v) is 33.2. The van der Waals surface area contributed by atoms with E-state index in [2.05, 4.69) is 13.8 Å². The van der Waals surface area contributed by atoms with Crippen molar-refractivity contribution in [3.05, 3.63) is 0 Å². The first-order valence-corrected chi connectivity index (χ1v) is 22.2. The molecule has 6 atom stereocenters. The minimum atomic E-state index is -4.59. The minimum absolute atomic E-state index is 0.172. The van der Waals surface area contributed by atoms with Crippen LogP contribution in [-0.2, 0) is 38.7 Å². The summed E-state index contributed by atoms with van der Waals surface area (Å²) in [6.45, 7) is 3.74. The molecular formula is C39H74O12S. The van der Waals surface area contributed by atoms with Crippen molar-refractivity contribution in [3.8, 4) is 0 Å². The van der Waals surface area contributed by atoms with Gasteiger partial charge in [-0.2, -0.15) is 8.42 Å². The number of rotatable bonds is 34. The predicted octanol–water partition coefficient (Wildman–Crippen LogP) is 7.34. The second kappa shape index (κ2) is 30.9. The molecule has 4 N–H and O–H groups in total. The molecule has 0 aromatic heterocycles. The molecule has 0 aliphatic carbocycles. The summed E-state index contributed by atoms with van der Waals surface area (Å²) in [7, 11) is -4.59. The number of aliphatic hydroxyl groups excluding tert-OH is 3. The Balaban J connectivity index is 2.49. The van der Waals surface area contributed by atoms with Gasteiger partial charge in [-0.05, 0) is 12.8 Å². The van der Waals surface area contributed by atoms with Gasteiger partial charge in [0.1, 0.15) is 36.8 Å². The third-order valence-corrected chi connectivity index (χ3v) is 10.4. The summed E-state index contributed by atoms with van der Waals surface area (Å²) >= 11 is 0. The number of hydrogen-bond acceptors (Lipinski definition) is 11. The Morgan fingerprint density at radius 1 is 0.577 bits per heavy atom. The Bertz CT molecular complexity index is 994. The zero-order valence-electron chi connectivity index (χ0n) is 32.4. The highest BCUT2D eigenvalue weighted by atomic mass is 32.2. The van der Waals surface area contributed by atoms with Gasteiger partial charge in [0.05, 0.1) is 6.61 Å². The van der Waals surface area contributed by atoms with Crippen molar-refractivity contribution in [1.29, 1.82) is 0 Å². The normalized spacial score (nSPS) is 21.2. The molecular weight excluding hydrogens is 692 g/mol. The van der Waals surface area contributed by atoms with Crippen LogP contribution in [0.25, 0.3) is 0 Å². The van der Waals surface area contributed by atoms with Crippen LogP contribution in [0.5, 0.6) is 0 Å². The maximum Gasteiger partial charge on any atom is 0.306 e. The molecule has 0 aromatic rings. The van der Waals surface area contributed by atoms with E-state index in [1.165, 1.54) is 103 Å². The molecule has 13 heteroatoms. The molecule has 0 amide bonds. The quantitative estimate of drug-likeness (QED) is 0.0291. The van der Waals surface area contributed by atoms with Crippen molar-refractivity contribution in [1.82, 2.24) is 0 Å². The molecule has 6 unspecified atom stereocenters. The van der Waals surface area contributed by atoms with Crippen molar-refractivity contribution in [3.63, 3.8) is 0 Å². The van der Waals surface area contributed by atoms with Crippen molar-refractivity contribution >= 4 is 22.1 Å². The van der Waals surface area contributed by atoms with Gasteiger partial charge in [-0.25, -0.2) is 0 Å². The number of aliphatic hydroxyl groups is 3. The van der Waals surface area contributed by atoms with Crippen LogP contribution in [0.1, 0.15) is 181 Å². The van der Waals surface area contributed by atoms with Gasteiger partial charge in [-0.3, -0.25) is 14.1 Å². The van der Waals surface area contributed by atoms with Gasteiger partial charge in [0.15, 0.2) is 12.4 Å². The standard InChI is InChI=1S/C39H74O12S/c1-3-5-7-9-11-13-15-16-17-18-20-22-24-26-28-35(41)50-32(29-48-34(40)27-25-23-21-19-14-12-10-8-6-4-2)30-49-39-38(44)37(43)36(42)33(51-39)31-52(45,46)47/h32-33,36-39,42-44H,3-31H2,1-2H3,(H,45,46,47). The second-order valence-corrected chi connectivity index (χ2v) is 16.2. The average Bonchev–Trinajstić information content (AvgIpc) is 3.10. The van der Waals surface area contributed by atoms with E-state index >= 15 is 0 Å². The number of unbranched alkanes of at least 4 members (excludes halogenated alkanes) is 22. The van der Waals surface area contributed by atoms with Gasteiger partial charge in [-0.1, -0.05) is 155 Å². The Kier molecular flexibility index (Phi) is 28.9. The van der Waals surface area contributed by atoms with Gasteiger partial charge >= 0.3 is 11.9 Å². The average molecular weight is 767 g/mol. The molecule has 0 aromatic carbocycles. The van der Waals surface area contributed by atoms with E-state index in [0.717, 1.165) is 38.5 Å². The van der Waals surface area contributed by atoms with Gasteiger partial charge in [0.2, 0.25) is 0 Å². The first kappa shape index (κ1) is 48.7. The molecule has 0 bridgehead atoms. The fourth-order valence-corrected chi connectivity index (χ4v) is 7.13. The minimum Gasteiger partial charge on any atom is -0.462 e. The molecule has 1 rings (SSSR count). The summed E-state index contributed by atoms with van der Waals surface area (Å²) in [6, 6.07) is 0. The van der Waals surface area contributed by atoms with E-state index in [1.807, 2.05) is 0 Å². The zero-order chi connectivity index (χ0) is 38.5. The summed E-state index contributed by atoms with van der Waals surface area (Å²) in [5.41, 5.74) is 0. The van der Waals surface area contributed by atoms with E-state index < -0.39 is 71.2 Å². The van der Waals surface area contributed by atoms with Crippen LogP contribution in [0.3, 0.4) is 0 Å². The number of esters is 2. The maximum atomic E-state index is 12.7. The lowest BCUT2D eigenvalue weighted by atomic mass is 10.00. The number of ether oxygens (including phenoxy) is 4. The summed E-state index contributed by atoms with van der Waals surface area (Å²) in [5, 5.41) is 30.8. The summed E-state index contributed by atoms with van der Waals surface area (Å²) in [5.74, 6) is -1.97. The highest BCUT2D eigenvalue weighted by molar-refractivity contribution is 7.85. The molecule has 1 saturated heterocycles. The van der Waals surface area contributed by atoms with E-state index in [4.69, 9.17) is 18.9 Å². The highest BCUT2D eigenvalue weighted by Gasteiger charge is 2.46. The fourth-order valence-electron chi connectivity index (χ4n) is 6.44. The van der Waals surface area contributed by atoms with E-state index in [9.17, 15) is 37.9 Å². The summed E-state index contributed by atoms with van der Waals surface area (Å²) in [6.07, 6.45) is 18.7. The molecule has 52 heavy (non-hydrogen) atoms. The second-order valence-electron chi connectivity index (χ2n) is 14.7. The first-order valence-electron chi connectivity index (χ1n) is 20.6. The van der Waals surface area contributed by atoms with Crippen LogP contribution in [0.2, 0.25) is 0 Å². The van der Waals surface area contributed by atoms with Crippen LogP contribution < -0.4 is 0 Å². The largest absolute Gasteiger partial charge is 0.462 e. The lowest BCUT2D eigenvalue weighted by Gasteiger charge is -2.40. The summed E-state index contributed by atoms with van der Waals surface area (Å²) < 4.78 is 53.8. The smallest absolute Gasteiger partial charge is 0.306 e. The maximum absolute atomic E-state index is 12.7. The van der Waals surface area contributed by atoms with Crippen molar-refractivity contribution in [2.75, 3.05) is 19.0 Å². The van der Waals surface area contributed by atoms with E-state index in [1.54, 1.807) is 0 Å². The monoisotopic (exact) mass is 766 g/mol. The van der Waals surface area contributed by atoms with Gasteiger partial charge in [0.25, 0.3) is 10.1 Å². The highest BCUT2D eigenvalue weighted by Crippen LogP contribution is 2.24. The summed E-state index contributed by atoms with van der Waals surface area (Å²) in [4.78, 5) is 25.2. The fraction of sp³-hybridized carbons (Fsp3) is 0.949. The molecule has 308 valence electrons. The topological polar surface area (TPSA) is 186 Å². The molecule has 1 aliphatic heterocycles. The molecule has 1 heterocycles. The third kappa shape index (κ3) is 25.6. The van der Waals surface area contributed by atoms with Crippen LogP contribution in [0.15, 0.2) is 0 Å². The molecule has 1 fully saturated rings. The predicted molar refractivity (Wildman–Crippen MR) is 201 cm³/mol. The van der Waals surface area contributed by atoms with Crippen molar-refractivity contribution in [2.45, 2.75) is 218 Å². The molecule has 1 aliphatic rings. The van der Waals surface area contributed by atoms with Gasteiger partial charge < -0.3 is 34.3 Å². The number of carbonyl (C=O) groups excluding carboxylic acids is 2. The lowest BCUT2D eigenvalue weighted by molar-refractivity contribution is -0.297.